The fraction of sp³-hybridized carbons (Fsp3) is 0.0606. The molecule has 6 rings (SSSR count). The highest BCUT2D eigenvalue weighted by molar-refractivity contribution is 7.12. The van der Waals surface area contributed by atoms with Crippen LogP contribution in [0.25, 0.3) is 22.0 Å². The standard InChI is InChI=1S/C33H25N3O2S/c37-32(30-12-7-19-39-30)34-27-17-18-29-28(21-27)33(38)36(31(35-29)20-23-8-3-1-4-9-23)22-24-13-15-26(16-14-24)25-10-5-2-6-11-25/h1-19,21H,20,22H2,(H,34,37). The van der Waals surface area contributed by atoms with Crippen molar-refractivity contribution in [3.05, 3.63) is 153 Å². The van der Waals surface area contributed by atoms with Crippen LogP contribution in [-0.4, -0.2) is 15.5 Å². The van der Waals surface area contributed by atoms with Crippen LogP contribution in [-0.2, 0) is 13.0 Å². The molecule has 2 heterocycles. The van der Waals surface area contributed by atoms with E-state index in [0.717, 1.165) is 22.3 Å². The van der Waals surface area contributed by atoms with Gasteiger partial charge in [0.05, 0.1) is 22.3 Å². The lowest BCUT2D eigenvalue weighted by atomic mass is 10.0. The predicted octanol–water partition coefficient (Wildman–Crippen LogP) is 7.02. The van der Waals surface area contributed by atoms with Crippen LogP contribution in [0.15, 0.2) is 125 Å². The molecular weight excluding hydrogens is 502 g/mol. The molecule has 6 aromatic rings. The molecule has 0 unspecified atom stereocenters. The lowest BCUT2D eigenvalue weighted by Crippen LogP contribution is -2.26. The Hall–Kier alpha value is -4.81. The van der Waals surface area contributed by atoms with Gasteiger partial charge in [-0.1, -0.05) is 91.0 Å². The largest absolute Gasteiger partial charge is 0.321 e. The third-order valence-corrected chi connectivity index (χ3v) is 7.51. The first-order valence-corrected chi connectivity index (χ1v) is 13.6. The summed E-state index contributed by atoms with van der Waals surface area (Å²) in [5, 5.41) is 5.23. The number of benzene rings is 4. The molecule has 5 nitrogen and oxygen atoms in total. The second-order valence-electron chi connectivity index (χ2n) is 9.31. The molecule has 2 aromatic heterocycles. The van der Waals surface area contributed by atoms with E-state index in [4.69, 9.17) is 4.98 Å². The summed E-state index contributed by atoms with van der Waals surface area (Å²) in [4.78, 5) is 32.0. The summed E-state index contributed by atoms with van der Waals surface area (Å²) in [7, 11) is 0. The van der Waals surface area contributed by atoms with E-state index in [1.807, 2.05) is 60.0 Å². The smallest absolute Gasteiger partial charge is 0.265 e. The van der Waals surface area contributed by atoms with Gasteiger partial charge < -0.3 is 5.32 Å². The minimum absolute atomic E-state index is 0.134. The summed E-state index contributed by atoms with van der Waals surface area (Å²) in [6, 6.07) is 37.5. The van der Waals surface area contributed by atoms with Crippen molar-refractivity contribution in [3.8, 4) is 11.1 Å². The summed E-state index contributed by atoms with van der Waals surface area (Å²) in [6.45, 7) is 0.394. The van der Waals surface area contributed by atoms with Crippen LogP contribution < -0.4 is 10.9 Å². The zero-order valence-corrected chi connectivity index (χ0v) is 21.9. The predicted molar refractivity (Wildman–Crippen MR) is 159 cm³/mol. The van der Waals surface area contributed by atoms with Crippen LogP contribution in [0.3, 0.4) is 0 Å². The van der Waals surface area contributed by atoms with Crippen molar-refractivity contribution in [1.29, 1.82) is 0 Å². The summed E-state index contributed by atoms with van der Waals surface area (Å²) in [5.41, 5.74) is 5.40. The Bertz CT molecular complexity index is 1790. The van der Waals surface area contributed by atoms with Crippen LogP contribution in [0.1, 0.15) is 26.6 Å². The van der Waals surface area contributed by atoms with E-state index in [9.17, 15) is 9.59 Å². The van der Waals surface area contributed by atoms with Crippen molar-refractivity contribution in [2.45, 2.75) is 13.0 Å². The molecule has 0 aliphatic carbocycles. The van der Waals surface area contributed by atoms with Gasteiger partial charge >= 0.3 is 0 Å². The summed E-state index contributed by atoms with van der Waals surface area (Å²) >= 11 is 1.37. The molecule has 1 amide bonds. The molecule has 0 spiro atoms. The Balaban J connectivity index is 1.38. The molecular formula is C33H25N3O2S. The van der Waals surface area contributed by atoms with Crippen molar-refractivity contribution >= 4 is 33.8 Å². The number of aromatic nitrogens is 2. The SMILES string of the molecule is O=C(Nc1ccc2nc(Cc3ccccc3)n(Cc3ccc(-c4ccccc4)cc3)c(=O)c2c1)c1cccs1. The first kappa shape index (κ1) is 24.5. The van der Waals surface area contributed by atoms with Gasteiger partial charge in [-0.05, 0) is 51.9 Å². The number of carbonyl (C=O) groups is 1. The zero-order valence-electron chi connectivity index (χ0n) is 21.1. The Morgan fingerprint density at radius 2 is 1.49 bits per heavy atom. The number of amides is 1. The van der Waals surface area contributed by atoms with Crippen molar-refractivity contribution in [1.82, 2.24) is 9.55 Å². The fourth-order valence-corrected chi connectivity index (χ4v) is 5.26. The van der Waals surface area contributed by atoms with Crippen LogP contribution >= 0.6 is 11.3 Å². The number of anilines is 1. The van der Waals surface area contributed by atoms with Gasteiger partial charge in [0, 0.05) is 12.1 Å². The summed E-state index contributed by atoms with van der Waals surface area (Å²) < 4.78 is 1.75. The highest BCUT2D eigenvalue weighted by Crippen LogP contribution is 2.22. The molecule has 0 radical (unpaired) electrons. The second kappa shape index (κ2) is 10.9. The lowest BCUT2D eigenvalue weighted by molar-refractivity contribution is 0.103. The van der Waals surface area contributed by atoms with Gasteiger partial charge in [0.25, 0.3) is 11.5 Å². The first-order chi connectivity index (χ1) is 19.1. The Morgan fingerprint density at radius 1 is 0.769 bits per heavy atom. The Kier molecular flexibility index (Phi) is 6.85. The fourth-order valence-electron chi connectivity index (χ4n) is 4.64. The van der Waals surface area contributed by atoms with E-state index in [2.05, 4.69) is 41.7 Å². The highest BCUT2D eigenvalue weighted by Gasteiger charge is 2.15. The van der Waals surface area contributed by atoms with Crippen molar-refractivity contribution < 1.29 is 4.79 Å². The molecule has 0 fully saturated rings. The molecule has 0 saturated heterocycles. The van der Waals surface area contributed by atoms with Gasteiger partial charge in [-0.3, -0.25) is 14.2 Å². The third kappa shape index (κ3) is 5.42. The molecule has 39 heavy (non-hydrogen) atoms. The maximum Gasteiger partial charge on any atom is 0.265 e. The number of hydrogen-bond donors (Lipinski definition) is 1. The van der Waals surface area contributed by atoms with Crippen molar-refractivity contribution in [2.75, 3.05) is 5.32 Å². The van der Waals surface area contributed by atoms with Gasteiger partial charge in [-0.2, -0.15) is 0 Å². The average Bonchev–Trinajstić information content (AvgIpc) is 3.52. The molecule has 0 saturated carbocycles. The van der Waals surface area contributed by atoms with Gasteiger partial charge in [-0.15, -0.1) is 11.3 Å². The lowest BCUT2D eigenvalue weighted by Gasteiger charge is -2.15. The monoisotopic (exact) mass is 527 g/mol. The number of thiophene rings is 1. The van der Waals surface area contributed by atoms with Gasteiger partial charge in [0.15, 0.2) is 0 Å². The van der Waals surface area contributed by atoms with Crippen molar-refractivity contribution in [3.63, 3.8) is 0 Å². The number of carbonyl (C=O) groups excluding carboxylic acids is 1. The van der Waals surface area contributed by atoms with E-state index in [0.29, 0.717) is 40.3 Å². The van der Waals surface area contributed by atoms with E-state index < -0.39 is 0 Å². The van der Waals surface area contributed by atoms with Gasteiger partial charge in [0.1, 0.15) is 5.82 Å². The number of nitrogens with one attached hydrogen (secondary N) is 1. The van der Waals surface area contributed by atoms with Gasteiger partial charge in [-0.25, -0.2) is 4.98 Å². The van der Waals surface area contributed by atoms with E-state index in [1.54, 1.807) is 28.8 Å². The van der Waals surface area contributed by atoms with Gasteiger partial charge in [0.2, 0.25) is 0 Å². The summed E-state index contributed by atoms with van der Waals surface area (Å²) in [5.74, 6) is 0.498. The van der Waals surface area contributed by atoms with E-state index in [-0.39, 0.29) is 11.5 Å². The Morgan fingerprint density at radius 3 is 2.21 bits per heavy atom. The van der Waals surface area contributed by atoms with E-state index in [1.165, 1.54) is 11.3 Å². The first-order valence-electron chi connectivity index (χ1n) is 12.7. The molecule has 4 aromatic carbocycles. The van der Waals surface area contributed by atoms with Crippen LogP contribution in [0, 0.1) is 0 Å². The number of fused-ring (bicyclic) bond motifs is 1. The van der Waals surface area contributed by atoms with Crippen molar-refractivity contribution in [2.24, 2.45) is 0 Å². The molecule has 0 bridgehead atoms. The maximum absolute atomic E-state index is 13.9. The average molecular weight is 528 g/mol. The second-order valence-corrected chi connectivity index (χ2v) is 10.3. The minimum Gasteiger partial charge on any atom is -0.321 e. The molecule has 0 aliphatic rings. The normalized spacial score (nSPS) is 11.0. The number of rotatable bonds is 7. The minimum atomic E-state index is -0.197. The third-order valence-electron chi connectivity index (χ3n) is 6.64. The van der Waals surface area contributed by atoms with E-state index >= 15 is 0 Å². The zero-order chi connectivity index (χ0) is 26.6. The number of hydrogen-bond acceptors (Lipinski definition) is 4. The molecule has 190 valence electrons. The molecule has 0 atom stereocenters. The topological polar surface area (TPSA) is 64.0 Å². The Labute approximate surface area is 230 Å². The van der Waals surface area contributed by atoms with Crippen LogP contribution in [0.2, 0.25) is 0 Å². The molecule has 1 N–H and O–H groups in total. The quantitative estimate of drug-likeness (QED) is 0.243. The highest BCUT2D eigenvalue weighted by atomic mass is 32.1. The van der Waals surface area contributed by atoms with Crippen LogP contribution in [0.5, 0.6) is 0 Å². The molecule has 0 aliphatic heterocycles. The molecule has 6 heteroatoms. The number of nitrogens with zero attached hydrogens (tertiary/aromatic N) is 2. The van der Waals surface area contributed by atoms with Crippen LogP contribution in [0.4, 0.5) is 5.69 Å². The summed E-state index contributed by atoms with van der Waals surface area (Å²) in [6.07, 6.45) is 0.533. The maximum atomic E-state index is 13.9.